The number of carbonyl (C=O) groups excluding carboxylic acids is 1. The molecule has 0 aliphatic carbocycles. The number of carbonyl (C=O) groups is 1. The number of hydrogen-bond acceptors (Lipinski definition) is 6. The molecule has 2 atom stereocenters. The molecule has 3 rings (SSSR count). The first-order valence-electron chi connectivity index (χ1n) is 9.74. The lowest BCUT2D eigenvalue weighted by Gasteiger charge is -2.30. The number of hydroxylamine groups is 1. The Morgan fingerprint density at radius 3 is 2.17 bits per heavy atom. The molecule has 9 heteroatoms. The Bertz CT molecular complexity index is 960. The SMILES string of the molecule is COc1ccc(Oc2ccc(S(=O)(=O)N3CCCC[C@H](C)C3C(=O)NO)cc2)cc1. The Balaban J connectivity index is 1.83. The van der Waals surface area contributed by atoms with Crippen LogP contribution in [-0.2, 0) is 14.8 Å². The molecule has 8 nitrogen and oxygen atoms in total. The Morgan fingerprint density at radius 2 is 1.60 bits per heavy atom. The summed E-state index contributed by atoms with van der Waals surface area (Å²) in [6.45, 7) is 2.04. The van der Waals surface area contributed by atoms with E-state index in [0.717, 1.165) is 6.42 Å². The first-order chi connectivity index (χ1) is 14.4. The van der Waals surface area contributed by atoms with Crippen LogP contribution in [-0.4, -0.2) is 43.5 Å². The maximum absolute atomic E-state index is 13.3. The minimum Gasteiger partial charge on any atom is -0.497 e. The predicted molar refractivity (Wildman–Crippen MR) is 110 cm³/mol. The van der Waals surface area contributed by atoms with Crippen molar-refractivity contribution < 1.29 is 27.9 Å². The van der Waals surface area contributed by atoms with E-state index in [-0.39, 0.29) is 17.4 Å². The van der Waals surface area contributed by atoms with Crippen LogP contribution in [0.4, 0.5) is 0 Å². The van der Waals surface area contributed by atoms with Crippen LogP contribution in [0.25, 0.3) is 0 Å². The lowest BCUT2D eigenvalue weighted by atomic mass is 9.97. The summed E-state index contributed by atoms with van der Waals surface area (Å²) < 4.78 is 38.6. The van der Waals surface area contributed by atoms with Crippen molar-refractivity contribution in [1.29, 1.82) is 0 Å². The van der Waals surface area contributed by atoms with Crippen molar-refractivity contribution in [3.8, 4) is 17.2 Å². The third-order valence-corrected chi connectivity index (χ3v) is 7.14. The number of sulfonamides is 1. The summed E-state index contributed by atoms with van der Waals surface area (Å²) in [5, 5.41) is 9.11. The largest absolute Gasteiger partial charge is 0.497 e. The molecule has 1 heterocycles. The molecule has 0 spiro atoms. The second kappa shape index (κ2) is 9.46. The number of rotatable bonds is 6. The summed E-state index contributed by atoms with van der Waals surface area (Å²) in [6.07, 6.45) is 2.17. The van der Waals surface area contributed by atoms with Crippen molar-refractivity contribution in [3.63, 3.8) is 0 Å². The second-order valence-electron chi connectivity index (χ2n) is 7.26. The first kappa shape index (κ1) is 22.1. The maximum Gasteiger partial charge on any atom is 0.262 e. The summed E-state index contributed by atoms with van der Waals surface area (Å²) >= 11 is 0. The molecule has 2 aromatic carbocycles. The van der Waals surface area contributed by atoms with Crippen LogP contribution in [0, 0.1) is 5.92 Å². The van der Waals surface area contributed by atoms with Crippen molar-refractivity contribution in [2.45, 2.75) is 37.1 Å². The van der Waals surface area contributed by atoms with Crippen LogP contribution in [0.5, 0.6) is 17.2 Å². The lowest BCUT2D eigenvalue weighted by Crippen LogP contribution is -2.51. The fraction of sp³-hybridized carbons (Fsp3) is 0.381. The van der Waals surface area contributed by atoms with Gasteiger partial charge in [-0.3, -0.25) is 10.0 Å². The molecule has 30 heavy (non-hydrogen) atoms. The molecule has 0 bridgehead atoms. The van der Waals surface area contributed by atoms with Crippen LogP contribution in [0.15, 0.2) is 53.4 Å². The molecule has 1 aliphatic heterocycles. The zero-order chi connectivity index (χ0) is 21.7. The van der Waals surface area contributed by atoms with Gasteiger partial charge in [0, 0.05) is 6.54 Å². The Labute approximate surface area is 176 Å². The summed E-state index contributed by atoms with van der Waals surface area (Å²) in [5.74, 6) is 0.844. The number of nitrogens with one attached hydrogen (secondary N) is 1. The number of ether oxygens (including phenoxy) is 2. The molecule has 0 aromatic heterocycles. The minimum atomic E-state index is -3.93. The summed E-state index contributed by atoms with van der Waals surface area (Å²) in [6, 6.07) is 12.1. The lowest BCUT2D eigenvalue weighted by molar-refractivity contribution is -0.134. The molecule has 2 aromatic rings. The molecule has 0 saturated carbocycles. The number of benzene rings is 2. The van der Waals surface area contributed by atoms with Crippen molar-refractivity contribution >= 4 is 15.9 Å². The fourth-order valence-corrected chi connectivity index (χ4v) is 5.36. The first-order valence-corrected chi connectivity index (χ1v) is 11.2. The number of amides is 1. The highest BCUT2D eigenvalue weighted by Crippen LogP contribution is 2.30. The van der Waals surface area contributed by atoms with Gasteiger partial charge in [0.1, 0.15) is 23.3 Å². The highest BCUT2D eigenvalue weighted by atomic mass is 32.2. The van der Waals surface area contributed by atoms with E-state index in [0.29, 0.717) is 30.1 Å². The topological polar surface area (TPSA) is 105 Å². The highest BCUT2D eigenvalue weighted by Gasteiger charge is 2.40. The van der Waals surface area contributed by atoms with E-state index in [2.05, 4.69) is 0 Å². The monoisotopic (exact) mass is 434 g/mol. The van der Waals surface area contributed by atoms with Crippen molar-refractivity contribution in [1.82, 2.24) is 9.79 Å². The maximum atomic E-state index is 13.3. The molecular weight excluding hydrogens is 408 g/mol. The van der Waals surface area contributed by atoms with E-state index in [9.17, 15) is 13.2 Å². The Kier molecular flexibility index (Phi) is 6.96. The molecule has 1 aliphatic rings. The van der Waals surface area contributed by atoms with Crippen LogP contribution in [0.3, 0.4) is 0 Å². The van der Waals surface area contributed by atoms with E-state index in [4.69, 9.17) is 14.7 Å². The van der Waals surface area contributed by atoms with Crippen molar-refractivity contribution in [2.24, 2.45) is 5.92 Å². The quantitative estimate of drug-likeness (QED) is 0.534. The van der Waals surface area contributed by atoms with Crippen LogP contribution >= 0.6 is 0 Å². The molecule has 1 saturated heterocycles. The molecule has 1 fully saturated rings. The van der Waals surface area contributed by atoms with Crippen LogP contribution in [0.1, 0.15) is 26.2 Å². The van der Waals surface area contributed by atoms with Gasteiger partial charge in [-0.25, -0.2) is 13.9 Å². The van der Waals surface area contributed by atoms with Gasteiger partial charge in [0.15, 0.2) is 0 Å². The smallest absolute Gasteiger partial charge is 0.262 e. The average molecular weight is 435 g/mol. The van der Waals surface area contributed by atoms with E-state index in [1.54, 1.807) is 49.0 Å². The third-order valence-electron chi connectivity index (χ3n) is 5.24. The second-order valence-corrected chi connectivity index (χ2v) is 9.15. The number of hydrogen-bond donors (Lipinski definition) is 2. The average Bonchev–Trinajstić information content (AvgIpc) is 2.96. The van der Waals surface area contributed by atoms with Crippen molar-refractivity contribution in [2.75, 3.05) is 13.7 Å². The summed E-state index contributed by atoms with van der Waals surface area (Å²) in [5.41, 5.74) is 1.62. The van der Waals surface area contributed by atoms with Gasteiger partial charge >= 0.3 is 0 Å². The van der Waals surface area contributed by atoms with Gasteiger partial charge in [0.25, 0.3) is 5.91 Å². The summed E-state index contributed by atoms with van der Waals surface area (Å²) in [7, 11) is -2.35. The van der Waals surface area contributed by atoms with Gasteiger partial charge < -0.3 is 9.47 Å². The molecule has 1 unspecified atom stereocenters. The van der Waals surface area contributed by atoms with Gasteiger partial charge in [-0.2, -0.15) is 4.31 Å². The number of nitrogens with zero attached hydrogens (tertiary/aromatic N) is 1. The zero-order valence-electron chi connectivity index (χ0n) is 16.9. The standard InChI is InChI=1S/C21H26N2O6S/c1-15-5-3-4-14-23(20(15)21(24)22-25)30(26,27)19-12-10-18(11-13-19)29-17-8-6-16(28-2)7-9-17/h6-13,15,20,25H,3-5,14H2,1-2H3,(H,22,24)/t15-,20?/m0/s1. The van der Waals surface area contributed by atoms with Crippen LogP contribution in [0.2, 0.25) is 0 Å². The Morgan fingerprint density at radius 1 is 1.03 bits per heavy atom. The van der Waals surface area contributed by atoms with Crippen LogP contribution < -0.4 is 15.0 Å². The van der Waals surface area contributed by atoms with Crippen molar-refractivity contribution in [3.05, 3.63) is 48.5 Å². The zero-order valence-corrected chi connectivity index (χ0v) is 17.8. The number of methoxy groups -OCH3 is 1. The normalized spacial score (nSPS) is 20.2. The fourth-order valence-electron chi connectivity index (χ4n) is 3.63. The van der Waals surface area contributed by atoms with E-state index >= 15 is 0 Å². The molecular formula is C21H26N2O6S. The summed E-state index contributed by atoms with van der Waals surface area (Å²) in [4.78, 5) is 12.3. The molecule has 0 radical (unpaired) electrons. The molecule has 2 N–H and O–H groups in total. The third kappa shape index (κ3) is 4.75. The van der Waals surface area contributed by atoms with E-state index in [1.807, 2.05) is 6.92 Å². The minimum absolute atomic E-state index is 0.0643. The van der Waals surface area contributed by atoms with E-state index in [1.165, 1.54) is 16.4 Å². The van der Waals surface area contributed by atoms with Gasteiger partial charge in [-0.15, -0.1) is 0 Å². The van der Waals surface area contributed by atoms with Gasteiger partial charge in [-0.1, -0.05) is 13.3 Å². The molecule has 162 valence electrons. The van der Waals surface area contributed by atoms with Gasteiger partial charge in [-0.05, 0) is 67.3 Å². The Hall–Kier alpha value is -2.62. The van der Waals surface area contributed by atoms with Gasteiger partial charge in [0.05, 0.1) is 12.0 Å². The molecule has 1 amide bonds. The van der Waals surface area contributed by atoms with Gasteiger partial charge in [0.2, 0.25) is 10.0 Å². The van der Waals surface area contributed by atoms with E-state index < -0.39 is 22.0 Å². The highest BCUT2D eigenvalue weighted by molar-refractivity contribution is 7.89. The predicted octanol–water partition coefficient (Wildman–Crippen LogP) is 3.17.